The number of sulfonamides is 1. The summed E-state index contributed by atoms with van der Waals surface area (Å²) in [6, 6.07) is 4.98. The van der Waals surface area contributed by atoms with Crippen molar-refractivity contribution < 1.29 is 8.42 Å². The fourth-order valence-electron chi connectivity index (χ4n) is 1.68. The number of nitrogens with two attached hydrogens (primary N) is 1. The van der Waals surface area contributed by atoms with Gasteiger partial charge >= 0.3 is 0 Å². The Kier molecular flexibility index (Phi) is 4.64. The first kappa shape index (κ1) is 15.9. The Morgan fingerprint density at radius 1 is 1.52 bits per heavy atom. The number of aromatic nitrogens is 2. The molecule has 1 heterocycles. The topological polar surface area (TPSA) is 101 Å². The van der Waals surface area contributed by atoms with E-state index < -0.39 is 10.0 Å². The number of halogens is 1. The molecule has 1 aromatic heterocycles. The Morgan fingerprint density at radius 2 is 2.24 bits per heavy atom. The maximum atomic E-state index is 12.3. The molecule has 4 N–H and O–H groups in total. The summed E-state index contributed by atoms with van der Waals surface area (Å²) in [5.41, 5.74) is 6.37. The molecular weight excluding hydrogens is 376 g/mol. The molecule has 6 nitrogen and oxygen atoms in total. The summed E-state index contributed by atoms with van der Waals surface area (Å²) in [5.74, 6) is 0.596. The molecule has 112 valence electrons. The zero-order valence-corrected chi connectivity index (χ0v) is 14.3. The van der Waals surface area contributed by atoms with E-state index in [0.29, 0.717) is 28.0 Å². The van der Waals surface area contributed by atoms with Crippen LogP contribution in [0.25, 0.3) is 0 Å². The smallest absolute Gasteiger partial charge is 0.279 e. The number of thiocarbonyl (C=S) groups is 1. The maximum Gasteiger partial charge on any atom is 0.279 e. The molecule has 0 aliphatic carbocycles. The van der Waals surface area contributed by atoms with Crippen LogP contribution < -0.4 is 10.5 Å². The van der Waals surface area contributed by atoms with Crippen LogP contribution in [0.3, 0.4) is 0 Å². The van der Waals surface area contributed by atoms with E-state index >= 15 is 0 Å². The summed E-state index contributed by atoms with van der Waals surface area (Å²) in [6.45, 7) is 1.88. The van der Waals surface area contributed by atoms with E-state index in [1.54, 1.807) is 18.2 Å². The number of hydrogen-bond acceptors (Lipinski definition) is 4. The van der Waals surface area contributed by atoms with Gasteiger partial charge in [0.2, 0.25) is 0 Å². The number of nitrogens with one attached hydrogen (secondary N) is 2. The lowest BCUT2D eigenvalue weighted by molar-refractivity contribution is 0.598. The van der Waals surface area contributed by atoms with E-state index in [1.165, 1.54) is 6.20 Å². The first-order valence-electron chi connectivity index (χ1n) is 5.99. The van der Waals surface area contributed by atoms with Gasteiger partial charge in [-0.15, -0.1) is 0 Å². The van der Waals surface area contributed by atoms with E-state index in [0.717, 1.165) is 0 Å². The minimum absolute atomic E-state index is 0.00628. The number of nitrogens with zero attached hydrogens (tertiary/aromatic N) is 1. The third kappa shape index (κ3) is 3.60. The molecule has 0 radical (unpaired) electrons. The molecule has 9 heteroatoms. The van der Waals surface area contributed by atoms with Crippen LogP contribution in [-0.2, 0) is 16.4 Å². The lowest BCUT2D eigenvalue weighted by Gasteiger charge is -2.11. The van der Waals surface area contributed by atoms with Crippen LogP contribution in [0, 0.1) is 0 Å². The van der Waals surface area contributed by atoms with Crippen molar-refractivity contribution in [3.8, 4) is 0 Å². The molecule has 21 heavy (non-hydrogen) atoms. The van der Waals surface area contributed by atoms with Gasteiger partial charge in [0.1, 0.15) is 10.8 Å². The predicted molar refractivity (Wildman–Crippen MR) is 88.8 cm³/mol. The van der Waals surface area contributed by atoms with E-state index in [-0.39, 0.29) is 10.0 Å². The minimum Gasteiger partial charge on any atom is -0.389 e. The summed E-state index contributed by atoms with van der Waals surface area (Å²) < 4.78 is 27.8. The van der Waals surface area contributed by atoms with Crippen molar-refractivity contribution in [2.75, 3.05) is 4.72 Å². The van der Waals surface area contributed by atoms with Crippen molar-refractivity contribution in [2.24, 2.45) is 5.73 Å². The van der Waals surface area contributed by atoms with Gasteiger partial charge in [0, 0.05) is 16.5 Å². The van der Waals surface area contributed by atoms with Gasteiger partial charge in [-0.1, -0.05) is 35.1 Å². The van der Waals surface area contributed by atoms with Gasteiger partial charge in [-0.2, -0.15) is 8.42 Å². The van der Waals surface area contributed by atoms with Gasteiger partial charge in [0.15, 0.2) is 5.03 Å². The highest BCUT2D eigenvalue weighted by Gasteiger charge is 2.19. The lowest BCUT2D eigenvalue weighted by Crippen LogP contribution is -2.18. The van der Waals surface area contributed by atoms with E-state index in [9.17, 15) is 8.42 Å². The van der Waals surface area contributed by atoms with Crippen molar-refractivity contribution in [3.05, 3.63) is 40.3 Å². The first-order valence-corrected chi connectivity index (χ1v) is 8.68. The van der Waals surface area contributed by atoms with Crippen molar-refractivity contribution in [3.63, 3.8) is 0 Å². The number of aromatic amines is 1. The van der Waals surface area contributed by atoms with Crippen LogP contribution in [0.4, 0.5) is 5.69 Å². The second-order valence-electron chi connectivity index (χ2n) is 4.21. The summed E-state index contributed by atoms with van der Waals surface area (Å²) in [6.07, 6.45) is 1.89. The van der Waals surface area contributed by atoms with Crippen molar-refractivity contribution in [1.82, 2.24) is 9.97 Å². The molecule has 0 unspecified atom stereocenters. The highest BCUT2D eigenvalue weighted by Crippen LogP contribution is 2.24. The molecule has 0 bridgehead atoms. The molecule has 0 aliphatic rings. The summed E-state index contributed by atoms with van der Waals surface area (Å²) in [7, 11) is -3.78. The summed E-state index contributed by atoms with van der Waals surface area (Å²) in [4.78, 5) is 6.84. The van der Waals surface area contributed by atoms with Crippen LogP contribution in [0.5, 0.6) is 0 Å². The van der Waals surface area contributed by atoms with Gasteiger partial charge in [-0.05, 0) is 18.2 Å². The molecule has 0 saturated heterocycles. The molecule has 0 spiro atoms. The molecule has 0 saturated carbocycles. The second kappa shape index (κ2) is 6.12. The average Bonchev–Trinajstić information content (AvgIpc) is 2.87. The maximum absolute atomic E-state index is 12.3. The van der Waals surface area contributed by atoms with Crippen LogP contribution >= 0.6 is 28.1 Å². The zero-order chi connectivity index (χ0) is 15.6. The quantitative estimate of drug-likeness (QED) is 0.681. The minimum atomic E-state index is -3.78. The van der Waals surface area contributed by atoms with Crippen molar-refractivity contribution in [2.45, 2.75) is 18.4 Å². The standard InChI is InChI=1S/C12H13BrN4O2S2/c1-2-10-15-6-11(16-10)21(18,19)17-9-5-7(13)3-4-8(9)12(14)20/h3-6,17H,2H2,1H3,(H2,14,20)(H,15,16). The molecule has 2 aromatic rings. The number of anilines is 1. The van der Waals surface area contributed by atoms with Gasteiger partial charge in [0.25, 0.3) is 10.0 Å². The van der Waals surface area contributed by atoms with E-state index in [2.05, 4.69) is 30.6 Å². The molecule has 0 fully saturated rings. The molecule has 2 rings (SSSR count). The molecule has 0 aliphatic heterocycles. The number of benzene rings is 1. The molecule has 0 atom stereocenters. The normalized spacial score (nSPS) is 11.3. The number of H-pyrrole nitrogens is 1. The van der Waals surface area contributed by atoms with Gasteiger partial charge < -0.3 is 10.7 Å². The highest BCUT2D eigenvalue weighted by atomic mass is 79.9. The van der Waals surface area contributed by atoms with Gasteiger partial charge in [-0.25, -0.2) is 4.98 Å². The second-order valence-corrected chi connectivity index (χ2v) is 7.21. The first-order chi connectivity index (χ1) is 9.83. The number of hydrogen-bond donors (Lipinski definition) is 3. The Bertz CT molecular complexity index is 786. The summed E-state index contributed by atoms with van der Waals surface area (Å²) >= 11 is 8.21. The fraction of sp³-hybridized carbons (Fsp3) is 0.167. The van der Waals surface area contributed by atoms with Crippen LogP contribution in [-0.4, -0.2) is 23.4 Å². The Labute approximate surface area is 136 Å². The summed E-state index contributed by atoms with van der Waals surface area (Å²) in [5, 5.41) is -0.00628. The fourth-order valence-corrected chi connectivity index (χ4v) is 3.23. The Morgan fingerprint density at radius 3 is 2.81 bits per heavy atom. The van der Waals surface area contributed by atoms with Crippen LogP contribution in [0.2, 0.25) is 0 Å². The average molecular weight is 389 g/mol. The molecular formula is C12H13BrN4O2S2. The highest BCUT2D eigenvalue weighted by molar-refractivity contribution is 9.10. The van der Waals surface area contributed by atoms with E-state index in [1.807, 2.05) is 6.92 Å². The predicted octanol–water partition coefficient (Wildman–Crippen LogP) is 2.17. The van der Waals surface area contributed by atoms with Crippen LogP contribution in [0.1, 0.15) is 18.3 Å². The SMILES string of the molecule is CCc1ncc(S(=O)(=O)Nc2cc(Br)ccc2C(N)=S)[nH]1. The van der Waals surface area contributed by atoms with Crippen molar-refractivity contribution >= 4 is 48.8 Å². The van der Waals surface area contributed by atoms with E-state index in [4.69, 9.17) is 18.0 Å². The Balaban J connectivity index is 2.41. The number of rotatable bonds is 5. The van der Waals surface area contributed by atoms with Gasteiger partial charge in [-0.3, -0.25) is 4.72 Å². The monoisotopic (exact) mass is 388 g/mol. The number of aryl methyl sites for hydroxylation is 1. The molecule has 0 amide bonds. The van der Waals surface area contributed by atoms with Crippen molar-refractivity contribution in [1.29, 1.82) is 0 Å². The van der Waals surface area contributed by atoms with Crippen LogP contribution in [0.15, 0.2) is 33.9 Å². The largest absolute Gasteiger partial charge is 0.389 e. The number of imidazole rings is 1. The third-order valence-electron chi connectivity index (χ3n) is 2.72. The lowest BCUT2D eigenvalue weighted by atomic mass is 10.2. The third-order valence-corrected chi connectivity index (χ3v) is 4.71. The molecule has 1 aromatic carbocycles. The van der Waals surface area contributed by atoms with Gasteiger partial charge in [0.05, 0.1) is 11.9 Å². The zero-order valence-electron chi connectivity index (χ0n) is 11.1. The Hall–Kier alpha value is -1.45.